The maximum atomic E-state index is 12.8. The summed E-state index contributed by atoms with van der Waals surface area (Å²) in [7, 11) is 1.46. The molecule has 8 nitrogen and oxygen atoms in total. The molecule has 33 heavy (non-hydrogen) atoms. The molecule has 3 aromatic rings. The van der Waals surface area contributed by atoms with Crippen LogP contribution in [-0.2, 0) is 4.74 Å². The SMILES string of the molecule is CCOC(=O)Oc1ccc(C(=O)Nc2ccccc2NC(=O)c2cc(Cl)ccc2OC)cc1. The van der Waals surface area contributed by atoms with Crippen molar-refractivity contribution in [2.24, 2.45) is 0 Å². The molecule has 0 aliphatic heterocycles. The highest BCUT2D eigenvalue weighted by molar-refractivity contribution is 6.31. The number of carbonyl (C=O) groups is 3. The summed E-state index contributed by atoms with van der Waals surface area (Å²) in [5, 5.41) is 5.91. The van der Waals surface area contributed by atoms with Crippen LogP contribution in [0.2, 0.25) is 5.02 Å². The highest BCUT2D eigenvalue weighted by Gasteiger charge is 2.16. The summed E-state index contributed by atoms with van der Waals surface area (Å²) in [5.41, 5.74) is 1.36. The zero-order chi connectivity index (χ0) is 23.8. The molecule has 0 aliphatic carbocycles. The highest BCUT2D eigenvalue weighted by atomic mass is 35.5. The van der Waals surface area contributed by atoms with Gasteiger partial charge in [-0.3, -0.25) is 9.59 Å². The van der Waals surface area contributed by atoms with Crippen LogP contribution in [-0.4, -0.2) is 31.7 Å². The third-order valence-corrected chi connectivity index (χ3v) is 4.64. The van der Waals surface area contributed by atoms with Gasteiger partial charge in [0.2, 0.25) is 0 Å². The molecule has 2 amide bonds. The molecule has 2 N–H and O–H groups in total. The number of methoxy groups -OCH3 is 1. The Hall–Kier alpha value is -4.04. The Morgan fingerprint density at radius 2 is 1.52 bits per heavy atom. The maximum Gasteiger partial charge on any atom is 0.513 e. The minimum atomic E-state index is -0.823. The van der Waals surface area contributed by atoms with E-state index in [2.05, 4.69) is 10.6 Å². The van der Waals surface area contributed by atoms with Crippen molar-refractivity contribution in [3.63, 3.8) is 0 Å². The van der Waals surface area contributed by atoms with Gasteiger partial charge in [0.15, 0.2) is 0 Å². The molecular weight excluding hydrogens is 448 g/mol. The van der Waals surface area contributed by atoms with Gasteiger partial charge in [0.25, 0.3) is 11.8 Å². The average Bonchev–Trinajstić information content (AvgIpc) is 2.81. The molecule has 0 bridgehead atoms. The van der Waals surface area contributed by atoms with Crippen LogP contribution in [0, 0.1) is 0 Å². The first-order chi connectivity index (χ1) is 15.9. The zero-order valence-corrected chi connectivity index (χ0v) is 18.6. The van der Waals surface area contributed by atoms with Gasteiger partial charge in [-0.15, -0.1) is 0 Å². The number of para-hydroxylation sites is 2. The van der Waals surface area contributed by atoms with Crippen molar-refractivity contribution in [1.29, 1.82) is 0 Å². The molecule has 9 heteroatoms. The molecule has 0 saturated carbocycles. The van der Waals surface area contributed by atoms with Crippen molar-refractivity contribution >= 4 is 40.9 Å². The van der Waals surface area contributed by atoms with Crippen LogP contribution in [0.1, 0.15) is 27.6 Å². The quantitative estimate of drug-likeness (QED) is 0.356. The van der Waals surface area contributed by atoms with Crippen LogP contribution in [0.3, 0.4) is 0 Å². The summed E-state index contributed by atoms with van der Waals surface area (Å²) in [6, 6.07) is 17.4. The second-order valence-electron chi connectivity index (χ2n) is 6.61. The van der Waals surface area contributed by atoms with Crippen molar-refractivity contribution < 1.29 is 28.6 Å². The van der Waals surface area contributed by atoms with Crippen LogP contribution in [0.25, 0.3) is 0 Å². The number of benzene rings is 3. The van der Waals surface area contributed by atoms with Crippen molar-refractivity contribution in [2.75, 3.05) is 24.4 Å². The fourth-order valence-electron chi connectivity index (χ4n) is 2.86. The second-order valence-corrected chi connectivity index (χ2v) is 7.04. The molecule has 3 rings (SSSR count). The van der Waals surface area contributed by atoms with E-state index < -0.39 is 18.0 Å². The summed E-state index contributed by atoms with van der Waals surface area (Å²) >= 11 is 6.02. The van der Waals surface area contributed by atoms with Gasteiger partial charge in [-0.2, -0.15) is 0 Å². The van der Waals surface area contributed by atoms with E-state index in [1.165, 1.54) is 37.4 Å². The molecule has 0 aromatic heterocycles. The summed E-state index contributed by atoms with van der Waals surface area (Å²) < 4.78 is 14.9. The highest BCUT2D eigenvalue weighted by Crippen LogP contribution is 2.27. The number of hydrogen-bond acceptors (Lipinski definition) is 6. The molecule has 0 saturated heterocycles. The number of carbonyl (C=O) groups excluding carboxylic acids is 3. The van der Waals surface area contributed by atoms with Gasteiger partial charge in [0, 0.05) is 10.6 Å². The molecule has 0 unspecified atom stereocenters. The molecule has 0 atom stereocenters. The maximum absolute atomic E-state index is 12.8. The van der Waals surface area contributed by atoms with Crippen LogP contribution >= 0.6 is 11.6 Å². The van der Waals surface area contributed by atoms with Crippen molar-refractivity contribution in [3.8, 4) is 11.5 Å². The van der Waals surface area contributed by atoms with Gasteiger partial charge in [0.05, 0.1) is 30.7 Å². The Morgan fingerprint density at radius 3 is 2.12 bits per heavy atom. The fourth-order valence-corrected chi connectivity index (χ4v) is 3.03. The monoisotopic (exact) mass is 468 g/mol. The van der Waals surface area contributed by atoms with Crippen molar-refractivity contribution in [2.45, 2.75) is 6.92 Å². The lowest BCUT2D eigenvalue weighted by Crippen LogP contribution is -2.17. The van der Waals surface area contributed by atoms with E-state index in [0.29, 0.717) is 27.7 Å². The molecule has 0 fully saturated rings. The first-order valence-electron chi connectivity index (χ1n) is 9.91. The van der Waals surface area contributed by atoms with E-state index in [1.54, 1.807) is 43.3 Å². The smallest absolute Gasteiger partial charge is 0.496 e. The van der Waals surface area contributed by atoms with E-state index >= 15 is 0 Å². The number of hydrogen-bond donors (Lipinski definition) is 2. The average molecular weight is 469 g/mol. The molecule has 170 valence electrons. The molecular formula is C24H21ClN2O6. The number of anilines is 2. The Kier molecular flexibility index (Phi) is 7.88. The lowest BCUT2D eigenvalue weighted by molar-refractivity contribution is 0.101. The Balaban J connectivity index is 1.73. The third-order valence-electron chi connectivity index (χ3n) is 4.41. The van der Waals surface area contributed by atoms with E-state index in [1.807, 2.05) is 0 Å². The lowest BCUT2D eigenvalue weighted by atomic mass is 10.1. The largest absolute Gasteiger partial charge is 0.513 e. The standard InChI is InChI=1S/C24H21ClN2O6/c1-3-32-24(30)33-17-11-8-15(9-12-17)22(28)26-19-6-4-5-7-20(19)27-23(29)18-14-16(25)10-13-21(18)31-2/h4-14H,3H2,1-2H3,(H,26,28)(H,27,29). The van der Waals surface area contributed by atoms with Gasteiger partial charge in [-0.25, -0.2) is 4.79 Å². The zero-order valence-electron chi connectivity index (χ0n) is 17.9. The summed E-state index contributed by atoms with van der Waals surface area (Å²) in [4.78, 5) is 36.9. The second kappa shape index (κ2) is 11.0. The van der Waals surface area contributed by atoms with Crippen LogP contribution in [0.15, 0.2) is 66.7 Å². The topological polar surface area (TPSA) is 103 Å². The lowest BCUT2D eigenvalue weighted by Gasteiger charge is -2.14. The van der Waals surface area contributed by atoms with E-state index in [0.717, 1.165) is 0 Å². The molecule has 0 aliphatic rings. The van der Waals surface area contributed by atoms with Crippen LogP contribution in [0.5, 0.6) is 11.5 Å². The van der Waals surface area contributed by atoms with Crippen LogP contribution in [0.4, 0.5) is 16.2 Å². The van der Waals surface area contributed by atoms with Gasteiger partial charge >= 0.3 is 6.16 Å². The minimum Gasteiger partial charge on any atom is -0.496 e. The van der Waals surface area contributed by atoms with Crippen molar-refractivity contribution in [1.82, 2.24) is 0 Å². The first-order valence-corrected chi connectivity index (χ1v) is 10.3. The van der Waals surface area contributed by atoms with Crippen LogP contribution < -0.4 is 20.1 Å². The molecule has 3 aromatic carbocycles. The normalized spacial score (nSPS) is 10.2. The number of amides is 2. The van der Waals surface area contributed by atoms with Crippen molar-refractivity contribution in [3.05, 3.63) is 82.9 Å². The number of ether oxygens (including phenoxy) is 3. The number of nitrogens with one attached hydrogen (secondary N) is 2. The van der Waals surface area contributed by atoms with Gasteiger partial charge in [-0.1, -0.05) is 23.7 Å². The van der Waals surface area contributed by atoms with Gasteiger partial charge in [0.1, 0.15) is 11.5 Å². The molecule has 0 radical (unpaired) electrons. The summed E-state index contributed by atoms with van der Waals surface area (Å²) in [5.74, 6) is -0.257. The Labute approximate surface area is 195 Å². The third kappa shape index (κ3) is 6.24. The molecule has 0 heterocycles. The first kappa shape index (κ1) is 23.6. The Bertz CT molecular complexity index is 1160. The van der Waals surface area contributed by atoms with E-state index in [9.17, 15) is 14.4 Å². The number of halogens is 1. The Morgan fingerprint density at radius 1 is 0.879 bits per heavy atom. The van der Waals surface area contributed by atoms with E-state index in [4.69, 9.17) is 25.8 Å². The minimum absolute atomic E-state index is 0.194. The van der Waals surface area contributed by atoms with Gasteiger partial charge in [-0.05, 0) is 61.5 Å². The summed E-state index contributed by atoms with van der Waals surface area (Å²) in [6.07, 6.45) is -0.823. The molecule has 0 spiro atoms. The van der Waals surface area contributed by atoms with E-state index in [-0.39, 0.29) is 17.9 Å². The van der Waals surface area contributed by atoms with Gasteiger partial charge < -0.3 is 24.8 Å². The predicted molar refractivity (Wildman–Crippen MR) is 124 cm³/mol. The predicted octanol–water partition coefficient (Wildman–Crippen LogP) is 5.39. The fraction of sp³-hybridized carbons (Fsp3) is 0.125. The number of rotatable bonds is 7. The summed E-state index contributed by atoms with van der Waals surface area (Å²) in [6.45, 7) is 1.86.